The van der Waals surface area contributed by atoms with Crippen LogP contribution in [-0.2, 0) is 0 Å². The maximum atomic E-state index is 12.2. The van der Waals surface area contributed by atoms with E-state index in [1.54, 1.807) is 6.07 Å². The Morgan fingerprint density at radius 2 is 1.79 bits per heavy atom. The van der Waals surface area contributed by atoms with Gasteiger partial charge in [-0.3, -0.25) is 4.79 Å². The third-order valence-corrected chi connectivity index (χ3v) is 3.39. The molecule has 0 saturated heterocycles. The van der Waals surface area contributed by atoms with Crippen LogP contribution in [0.5, 0.6) is 11.5 Å². The normalized spacial score (nSPS) is 10.2. The highest BCUT2D eigenvalue weighted by Gasteiger charge is 2.13. The SMILES string of the molecule is COc1ccc(C(=O)Nc2cnc(-c3ccccc3)nc2)c(O)c1. The first-order chi connectivity index (χ1) is 11.7. The topological polar surface area (TPSA) is 84.3 Å². The Kier molecular flexibility index (Phi) is 4.38. The molecule has 6 heteroatoms. The van der Waals surface area contributed by atoms with E-state index in [0.29, 0.717) is 17.3 Å². The molecule has 2 aromatic carbocycles. The molecule has 0 bridgehead atoms. The Morgan fingerprint density at radius 3 is 2.42 bits per heavy atom. The van der Waals surface area contributed by atoms with Crippen molar-refractivity contribution < 1.29 is 14.6 Å². The van der Waals surface area contributed by atoms with Gasteiger partial charge in [-0.1, -0.05) is 30.3 Å². The number of anilines is 1. The number of phenols is 1. The van der Waals surface area contributed by atoms with Gasteiger partial charge in [-0.2, -0.15) is 0 Å². The second-order valence-electron chi connectivity index (χ2n) is 5.00. The molecule has 24 heavy (non-hydrogen) atoms. The molecule has 0 aliphatic heterocycles. The Hall–Kier alpha value is -3.41. The lowest BCUT2D eigenvalue weighted by Gasteiger charge is -2.08. The van der Waals surface area contributed by atoms with Gasteiger partial charge in [0, 0.05) is 11.6 Å². The lowest BCUT2D eigenvalue weighted by atomic mass is 10.1. The number of rotatable bonds is 4. The van der Waals surface area contributed by atoms with Gasteiger partial charge in [0.2, 0.25) is 0 Å². The maximum Gasteiger partial charge on any atom is 0.259 e. The van der Waals surface area contributed by atoms with E-state index in [4.69, 9.17) is 4.74 Å². The first-order valence-corrected chi connectivity index (χ1v) is 7.23. The quantitative estimate of drug-likeness (QED) is 0.771. The molecular formula is C18H15N3O3. The summed E-state index contributed by atoms with van der Waals surface area (Å²) in [6.45, 7) is 0. The van der Waals surface area contributed by atoms with E-state index >= 15 is 0 Å². The molecule has 3 aromatic rings. The zero-order chi connectivity index (χ0) is 16.9. The van der Waals surface area contributed by atoms with Gasteiger partial charge in [0.25, 0.3) is 5.91 Å². The van der Waals surface area contributed by atoms with E-state index in [0.717, 1.165) is 5.56 Å². The highest BCUT2D eigenvalue weighted by atomic mass is 16.5. The molecule has 0 saturated carbocycles. The smallest absolute Gasteiger partial charge is 0.259 e. The highest BCUT2D eigenvalue weighted by molar-refractivity contribution is 6.06. The van der Waals surface area contributed by atoms with Crippen LogP contribution in [0.1, 0.15) is 10.4 Å². The zero-order valence-electron chi connectivity index (χ0n) is 12.9. The molecule has 1 aromatic heterocycles. The Balaban J connectivity index is 1.75. The average molecular weight is 321 g/mol. The minimum Gasteiger partial charge on any atom is -0.507 e. The fourth-order valence-electron chi connectivity index (χ4n) is 2.16. The summed E-state index contributed by atoms with van der Waals surface area (Å²) in [5.74, 6) is 0.431. The molecule has 0 atom stereocenters. The Morgan fingerprint density at radius 1 is 1.08 bits per heavy atom. The van der Waals surface area contributed by atoms with Crippen molar-refractivity contribution in [2.75, 3.05) is 12.4 Å². The van der Waals surface area contributed by atoms with Crippen LogP contribution in [0.3, 0.4) is 0 Å². The van der Waals surface area contributed by atoms with E-state index in [-0.39, 0.29) is 11.3 Å². The molecule has 0 fully saturated rings. The van der Waals surface area contributed by atoms with Crippen LogP contribution < -0.4 is 10.1 Å². The summed E-state index contributed by atoms with van der Waals surface area (Å²) in [7, 11) is 1.49. The van der Waals surface area contributed by atoms with Gasteiger partial charge in [-0.25, -0.2) is 9.97 Å². The molecule has 0 aliphatic rings. The number of aromatic hydroxyl groups is 1. The minimum atomic E-state index is -0.453. The Labute approximate surface area is 138 Å². The summed E-state index contributed by atoms with van der Waals surface area (Å²) in [5, 5.41) is 12.5. The van der Waals surface area contributed by atoms with Crippen molar-refractivity contribution in [2.24, 2.45) is 0 Å². The van der Waals surface area contributed by atoms with Gasteiger partial charge >= 0.3 is 0 Å². The number of nitrogens with one attached hydrogen (secondary N) is 1. The number of carbonyl (C=O) groups excluding carboxylic acids is 1. The van der Waals surface area contributed by atoms with Crippen LogP contribution in [0.15, 0.2) is 60.9 Å². The third-order valence-electron chi connectivity index (χ3n) is 3.39. The van der Waals surface area contributed by atoms with Gasteiger partial charge in [0.05, 0.1) is 30.8 Å². The molecule has 0 spiro atoms. The van der Waals surface area contributed by atoms with E-state index in [9.17, 15) is 9.90 Å². The van der Waals surface area contributed by atoms with E-state index < -0.39 is 5.91 Å². The van der Waals surface area contributed by atoms with Crippen molar-refractivity contribution in [1.82, 2.24) is 9.97 Å². The summed E-state index contributed by atoms with van der Waals surface area (Å²) < 4.78 is 4.99. The fourth-order valence-corrected chi connectivity index (χ4v) is 2.16. The summed E-state index contributed by atoms with van der Waals surface area (Å²) in [4.78, 5) is 20.7. The average Bonchev–Trinajstić information content (AvgIpc) is 2.63. The molecule has 0 radical (unpaired) electrons. The number of amides is 1. The summed E-state index contributed by atoms with van der Waals surface area (Å²) >= 11 is 0. The summed E-state index contributed by atoms with van der Waals surface area (Å²) in [6.07, 6.45) is 3.04. The molecule has 1 heterocycles. The van der Waals surface area contributed by atoms with Gasteiger partial charge in [0.1, 0.15) is 11.5 Å². The van der Waals surface area contributed by atoms with Gasteiger partial charge in [-0.15, -0.1) is 0 Å². The van der Waals surface area contributed by atoms with Crippen LogP contribution in [0, 0.1) is 0 Å². The number of aromatic nitrogens is 2. The number of hydrogen-bond acceptors (Lipinski definition) is 5. The predicted octanol–water partition coefficient (Wildman–Crippen LogP) is 3.11. The van der Waals surface area contributed by atoms with Crippen LogP contribution in [-0.4, -0.2) is 28.1 Å². The predicted molar refractivity (Wildman–Crippen MR) is 90.1 cm³/mol. The summed E-state index contributed by atoms with van der Waals surface area (Å²) in [6, 6.07) is 14.0. The number of benzene rings is 2. The lowest BCUT2D eigenvalue weighted by Crippen LogP contribution is -2.12. The number of methoxy groups -OCH3 is 1. The monoisotopic (exact) mass is 321 g/mol. The Bertz CT molecular complexity index is 849. The highest BCUT2D eigenvalue weighted by Crippen LogP contribution is 2.24. The number of hydrogen-bond donors (Lipinski definition) is 2. The van der Waals surface area contributed by atoms with Crippen molar-refractivity contribution in [3.63, 3.8) is 0 Å². The van der Waals surface area contributed by atoms with Crippen LogP contribution in [0.2, 0.25) is 0 Å². The molecule has 3 rings (SSSR count). The summed E-state index contributed by atoms with van der Waals surface area (Å²) in [5.41, 5.74) is 1.47. The van der Waals surface area contributed by atoms with Crippen molar-refractivity contribution >= 4 is 11.6 Å². The van der Waals surface area contributed by atoms with Gasteiger partial charge in [0.15, 0.2) is 5.82 Å². The first kappa shape index (κ1) is 15.5. The third kappa shape index (κ3) is 3.33. The van der Waals surface area contributed by atoms with E-state index in [1.165, 1.54) is 31.6 Å². The van der Waals surface area contributed by atoms with Crippen LogP contribution in [0.4, 0.5) is 5.69 Å². The molecule has 2 N–H and O–H groups in total. The zero-order valence-corrected chi connectivity index (χ0v) is 12.9. The van der Waals surface area contributed by atoms with Crippen molar-refractivity contribution in [1.29, 1.82) is 0 Å². The van der Waals surface area contributed by atoms with Crippen LogP contribution in [0.25, 0.3) is 11.4 Å². The molecular weight excluding hydrogens is 306 g/mol. The van der Waals surface area contributed by atoms with Gasteiger partial charge in [-0.05, 0) is 12.1 Å². The molecule has 0 aliphatic carbocycles. The molecule has 6 nitrogen and oxygen atoms in total. The van der Waals surface area contributed by atoms with Crippen molar-refractivity contribution in [3.8, 4) is 22.9 Å². The van der Waals surface area contributed by atoms with Crippen molar-refractivity contribution in [2.45, 2.75) is 0 Å². The standard InChI is InChI=1S/C18H15N3O3/c1-24-14-7-8-15(16(22)9-14)18(23)21-13-10-19-17(20-11-13)12-5-3-2-4-6-12/h2-11,22H,1H3,(H,21,23). The van der Waals surface area contributed by atoms with Gasteiger partial charge < -0.3 is 15.2 Å². The second-order valence-corrected chi connectivity index (χ2v) is 5.00. The fraction of sp³-hybridized carbons (Fsp3) is 0.0556. The molecule has 120 valence electrons. The number of nitrogens with zero attached hydrogens (tertiary/aromatic N) is 2. The van der Waals surface area contributed by atoms with Crippen molar-refractivity contribution in [3.05, 3.63) is 66.5 Å². The molecule has 1 amide bonds. The number of phenolic OH excluding ortho intramolecular Hbond substituents is 1. The number of carbonyl (C=O) groups is 1. The lowest BCUT2D eigenvalue weighted by molar-refractivity contribution is 0.102. The maximum absolute atomic E-state index is 12.2. The van der Waals surface area contributed by atoms with E-state index in [2.05, 4.69) is 15.3 Å². The van der Waals surface area contributed by atoms with E-state index in [1.807, 2.05) is 30.3 Å². The minimum absolute atomic E-state index is 0.142. The molecule has 0 unspecified atom stereocenters. The second kappa shape index (κ2) is 6.78. The number of ether oxygens (including phenoxy) is 1. The first-order valence-electron chi connectivity index (χ1n) is 7.23. The van der Waals surface area contributed by atoms with Crippen LogP contribution >= 0.6 is 0 Å². The largest absolute Gasteiger partial charge is 0.507 e.